The van der Waals surface area contributed by atoms with Gasteiger partial charge in [0.2, 0.25) is 0 Å². The summed E-state index contributed by atoms with van der Waals surface area (Å²) in [6, 6.07) is 9.07. The molecule has 0 aromatic heterocycles. The Labute approximate surface area is 103 Å². The lowest BCUT2D eigenvalue weighted by Gasteiger charge is -2.29. The third-order valence-corrected chi connectivity index (χ3v) is 3.93. The van der Waals surface area contributed by atoms with E-state index in [2.05, 4.69) is 35.3 Å². The SMILES string of the molecule is CC1CNCC1N1CCOc2ccccc2C1. The van der Waals surface area contributed by atoms with Gasteiger partial charge in [0.15, 0.2) is 0 Å². The zero-order valence-corrected chi connectivity index (χ0v) is 10.4. The first-order chi connectivity index (χ1) is 8.34. The molecule has 0 radical (unpaired) electrons. The van der Waals surface area contributed by atoms with Gasteiger partial charge in [0.1, 0.15) is 12.4 Å². The summed E-state index contributed by atoms with van der Waals surface area (Å²) in [5.74, 6) is 1.80. The molecule has 0 saturated carbocycles. The fourth-order valence-electron chi connectivity index (χ4n) is 2.91. The van der Waals surface area contributed by atoms with Gasteiger partial charge in [-0.05, 0) is 18.5 Å². The van der Waals surface area contributed by atoms with Crippen LogP contribution in [0.15, 0.2) is 24.3 Å². The minimum atomic E-state index is 0.657. The summed E-state index contributed by atoms with van der Waals surface area (Å²) in [5, 5.41) is 3.48. The van der Waals surface area contributed by atoms with Crippen molar-refractivity contribution in [3.63, 3.8) is 0 Å². The Morgan fingerprint density at radius 3 is 3.00 bits per heavy atom. The molecule has 3 heteroatoms. The number of fused-ring (bicyclic) bond motifs is 1. The monoisotopic (exact) mass is 232 g/mol. The van der Waals surface area contributed by atoms with Crippen molar-refractivity contribution in [1.29, 1.82) is 0 Å². The highest BCUT2D eigenvalue weighted by Gasteiger charge is 2.30. The molecule has 1 fully saturated rings. The third kappa shape index (κ3) is 2.17. The molecule has 2 atom stereocenters. The first-order valence-electron chi connectivity index (χ1n) is 6.50. The summed E-state index contributed by atoms with van der Waals surface area (Å²) < 4.78 is 5.81. The van der Waals surface area contributed by atoms with Gasteiger partial charge in [-0.25, -0.2) is 0 Å². The lowest BCUT2D eigenvalue weighted by molar-refractivity contribution is 0.154. The van der Waals surface area contributed by atoms with Crippen LogP contribution >= 0.6 is 0 Å². The number of nitrogens with zero attached hydrogens (tertiary/aromatic N) is 1. The Bertz CT molecular complexity index is 394. The summed E-state index contributed by atoms with van der Waals surface area (Å²) >= 11 is 0. The molecule has 0 bridgehead atoms. The van der Waals surface area contributed by atoms with Crippen LogP contribution in [0.25, 0.3) is 0 Å². The summed E-state index contributed by atoms with van der Waals surface area (Å²) in [5.41, 5.74) is 1.32. The number of para-hydroxylation sites is 1. The van der Waals surface area contributed by atoms with Crippen LogP contribution in [0.3, 0.4) is 0 Å². The molecule has 92 valence electrons. The number of hydrogen-bond donors (Lipinski definition) is 1. The Kier molecular flexibility index (Phi) is 3.04. The summed E-state index contributed by atoms with van der Waals surface area (Å²) in [6.07, 6.45) is 0. The van der Waals surface area contributed by atoms with E-state index in [0.29, 0.717) is 6.04 Å². The van der Waals surface area contributed by atoms with Crippen molar-refractivity contribution < 1.29 is 4.74 Å². The normalized spacial score (nSPS) is 29.5. The maximum atomic E-state index is 5.81. The van der Waals surface area contributed by atoms with Crippen LogP contribution in [0, 0.1) is 5.92 Å². The van der Waals surface area contributed by atoms with Gasteiger partial charge in [0.25, 0.3) is 0 Å². The fourth-order valence-corrected chi connectivity index (χ4v) is 2.91. The van der Waals surface area contributed by atoms with Crippen LogP contribution in [0.5, 0.6) is 5.75 Å². The molecule has 0 amide bonds. The second kappa shape index (κ2) is 4.67. The van der Waals surface area contributed by atoms with E-state index in [9.17, 15) is 0 Å². The van der Waals surface area contributed by atoms with Gasteiger partial charge >= 0.3 is 0 Å². The van der Waals surface area contributed by atoms with Crippen LogP contribution in [0.4, 0.5) is 0 Å². The molecule has 17 heavy (non-hydrogen) atoms. The van der Waals surface area contributed by atoms with Crippen LogP contribution in [-0.2, 0) is 6.54 Å². The molecule has 1 aromatic carbocycles. The molecule has 2 aliphatic rings. The lowest BCUT2D eigenvalue weighted by atomic mass is 10.0. The van der Waals surface area contributed by atoms with E-state index in [4.69, 9.17) is 4.74 Å². The second-order valence-electron chi connectivity index (χ2n) is 5.13. The summed E-state index contributed by atoms with van der Waals surface area (Å²) in [7, 11) is 0. The van der Waals surface area contributed by atoms with Crippen LogP contribution in [-0.4, -0.2) is 37.2 Å². The Morgan fingerprint density at radius 1 is 1.29 bits per heavy atom. The quantitative estimate of drug-likeness (QED) is 0.794. The second-order valence-corrected chi connectivity index (χ2v) is 5.13. The topological polar surface area (TPSA) is 24.5 Å². The average molecular weight is 232 g/mol. The van der Waals surface area contributed by atoms with Gasteiger partial charge in [-0.1, -0.05) is 25.1 Å². The lowest BCUT2D eigenvalue weighted by Crippen LogP contribution is -2.40. The predicted molar refractivity (Wildman–Crippen MR) is 68.2 cm³/mol. The highest BCUT2D eigenvalue weighted by molar-refractivity contribution is 5.33. The first-order valence-corrected chi connectivity index (χ1v) is 6.50. The first kappa shape index (κ1) is 11.1. The molecule has 2 heterocycles. The fraction of sp³-hybridized carbons (Fsp3) is 0.571. The molecule has 1 saturated heterocycles. The average Bonchev–Trinajstić information content (AvgIpc) is 2.65. The molecule has 3 nitrogen and oxygen atoms in total. The van der Waals surface area contributed by atoms with E-state index in [1.807, 2.05) is 6.07 Å². The Hall–Kier alpha value is -1.06. The zero-order valence-electron chi connectivity index (χ0n) is 10.4. The molecule has 2 unspecified atom stereocenters. The van der Waals surface area contributed by atoms with Crippen LogP contribution < -0.4 is 10.1 Å². The molecular weight excluding hydrogens is 212 g/mol. The van der Waals surface area contributed by atoms with Gasteiger partial charge in [0, 0.05) is 31.2 Å². The number of benzene rings is 1. The standard InChI is InChI=1S/C14H20N2O/c1-11-8-15-9-13(11)16-6-7-17-14-5-3-2-4-12(14)10-16/h2-5,11,13,15H,6-10H2,1H3. The van der Waals surface area contributed by atoms with E-state index in [1.54, 1.807) is 0 Å². The minimum absolute atomic E-state index is 0.657. The largest absolute Gasteiger partial charge is 0.492 e. The Balaban J connectivity index is 1.80. The maximum Gasteiger partial charge on any atom is 0.123 e. The van der Waals surface area contributed by atoms with Crippen LogP contribution in [0.2, 0.25) is 0 Å². The maximum absolute atomic E-state index is 5.81. The van der Waals surface area contributed by atoms with E-state index in [1.165, 1.54) is 5.56 Å². The van der Waals surface area contributed by atoms with Crippen molar-refractivity contribution in [1.82, 2.24) is 10.2 Å². The number of rotatable bonds is 1. The molecule has 1 aromatic rings. The molecule has 0 spiro atoms. The smallest absolute Gasteiger partial charge is 0.123 e. The van der Waals surface area contributed by atoms with E-state index < -0.39 is 0 Å². The van der Waals surface area contributed by atoms with E-state index in [-0.39, 0.29) is 0 Å². The highest BCUT2D eigenvalue weighted by atomic mass is 16.5. The number of ether oxygens (including phenoxy) is 1. The predicted octanol–water partition coefficient (Wildman–Crippen LogP) is 1.49. The van der Waals surface area contributed by atoms with Crippen LogP contribution in [0.1, 0.15) is 12.5 Å². The molecule has 0 aliphatic carbocycles. The van der Waals surface area contributed by atoms with Crippen molar-refractivity contribution in [2.75, 3.05) is 26.2 Å². The van der Waals surface area contributed by atoms with Crippen molar-refractivity contribution in [2.45, 2.75) is 19.5 Å². The number of hydrogen-bond acceptors (Lipinski definition) is 3. The van der Waals surface area contributed by atoms with Gasteiger partial charge in [-0.15, -0.1) is 0 Å². The van der Waals surface area contributed by atoms with E-state index in [0.717, 1.165) is 44.5 Å². The van der Waals surface area contributed by atoms with E-state index >= 15 is 0 Å². The third-order valence-electron chi connectivity index (χ3n) is 3.93. The van der Waals surface area contributed by atoms with Crippen molar-refractivity contribution >= 4 is 0 Å². The number of nitrogens with one attached hydrogen (secondary N) is 1. The van der Waals surface area contributed by atoms with Gasteiger partial charge in [-0.2, -0.15) is 0 Å². The Morgan fingerprint density at radius 2 is 2.18 bits per heavy atom. The minimum Gasteiger partial charge on any atom is -0.492 e. The van der Waals surface area contributed by atoms with Crippen molar-refractivity contribution in [2.24, 2.45) is 5.92 Å². The highest BCUT2D eigenvalue weighted by Crippen LogP contribution is 2.25. The van der Waals surface area contributed by atoms with Crippen molar-refractivity contribution in [3.8, 4) is 5.75 Å². The molecule has 1 N–H and O–H groups in total. The molecule has 3 rings (SSSR count). The molecular formula is C14H20N2O. The summed E-state index contributed by atoms with van der Waals surface area (Å²) in [4.78, 5) is 2.57. The summed E-state index contributed by atoms with van der Waals surface area (Å²) in [6.45, 7) is 7.45. The molecule has 2 aliphatic heterocycles. The van der Waals surface area contributed by atoms with Crippen molar-refractivity contribution in [3.05, 3.63) is 29.8 Å². The van der Waals surface area contributed by atoms with Gasteiger partial charge in [-0.3, -0.25) is 4.90 Å². The van der Waals surface area contributed by atoms with Gasteiger partial charge < -0.3 is 10.1 Å². The zero-order chi connectivity index (χ0) is 11.7. The van der Waals surface area contributed by atoms with Gasteiger partial charge in [0.05, 0.1) is 0 Å².